The summed E-state index contributed by atoms with van der Waals surface area (Å²) in [5, 5.41) is 0. The van der Waals surface area contributed by atoms with Crippen molar-refractivity contribution in [3.63, 3.8) is 0 Å². The second kappa shape index (κ2) is 6.15. The minimum atomic E-state index is -0.641. The third-order valence-corrected chi connectivity index (χ3v) is 2.21. The van der Waals surface area contributed by atoms with Crippen molar-refractivity contribution in [2.45, 2.75) is 12.8 Å². The Balaban J connectivity index is 2.72. The number of methoxy groups -OCH3 is 1. The summed E-state index contributed by atoms with van der Waals surface area (Å²) in [5.41, 5.74) is 4.95. The fourth-order valence-corrected chi connectivity index (χ4v) is 1.37. The Morgan fingerprint density at radius 1 is 1.35 bits per heavy atom. The van der Waals surface area contributed by atoms with E-state index in [1.165, 1.54) is 7.11 Å². The monoisotopic (exact) mass is 244 g/mol. The summed E-state index contributed by atoms with van der Waals surface area (Å²) < 4.78 is 31.4. The van der Waals surface area contributed by atoms with Crippen LogP contribution in [0.1, 0.15) is 12.0 Å². The number of halogens is 2. The maximum Gasteiger partial charge on any atom is 0.234 e. The first-order chi connectivity index (χ1) is 8.08. The molecule has 0 unspecified atom stereocenters. The molecule has 2 N–H and O–H groups in total. The lowest BCUT2D eigenvalue weighted by atomic mass is 10.1. The number of ether oxygens (including phenoxy) is 1. The Bertz CT molecular complexity index is 411. The minimum absolute atomic E-state index is 0.0729. The van der Waals surface area contributed by atoms with E-state index in [0.717, 1.165) is 12.1 Å². The van der Waals surface area contributed by atoms with Gasteiger partial charge >= 0.3 is 0 Å². The van der Waals surface area contributed by atoms with E-state index in [1.54, 1.807) is 7.05 Å². The standard InChI is InChI=1S/C11H14F2N2O2/c1-14-15-11(16)4-3-7-5-9(13)10(17-2)6-8(7)12/h5-6,14H,3-4H2,1-2H3,(H,15,16). The van der Waals surface area contributed by atoms with Crippen LogP contribution >= 0.6 is 0 Å². The van der Waals surface area contributed by atoms with Gasteiger partial charge in [0.1, 0.15) is 5.82 Å². The van der Waals surface area contributed by atoms with Crippen LogP contribution < -0.4 is 15.6 Å². The van der Waals surface area contributed by atoms with Crippen LogP contribution in [-0.2, 0) is 11.2 Å². The molecule has 0 saturated heterocycles. The Morgan fingerprint density at radius 2 is 2.06 bits per heavy atom. The van der Waals surface area contributed by atoms with Crippen LogP contribution in [0.5, 0.6) is 5.75 Å². The molecular formula is C11H14F2N2O2. The van der Waals surface area contributed by atoms with Gasteiger partial charge in [-0.15, -0.1) is 0 Å². The van der Waals surface area contributed by atoms with Crippen LogP contribution in [0.15, 0.2) is 12.1 Å². The number of rotatable bonds is 5. The van der Waals surface area contributed by atoms with E-state index < -0.39 is 11.6 Å². The zero-order chi connectivity index (χ0) is 12.8. The number of benzene rings is 1. The quantitative estimate of drug-likeness (QED) is 0.764. The molecule has 0 aliphatic heterocycles. The van der Waals surface area contributed by atoms with Crippen LogP contribution in [0.2, 0.25) is 0 Å². The summed E-state index contributed by atoms with van der Waals surface area (Å²) in [6.45, 7) is 0. The van der Waals surface area contributed by atoms with Crippen LogP contribution in [0.25, 0.3) is 0 Å². The lowest BCUT2D eigenvalue weighted by Crippen LogP contribution is -2.34. The van der Waals surface area contributed by atoms with Crippen molar-refractivity contribution in [3.8, 4) is 5.75 Å². The van der Waals surface area contributed by atoms with E-state index in [9.17, 15) is 13.6 Å². The smallest absolute Gasteiger partial charge is 0.234 e. The Morgan fingerprint density at radius 3 is 2.65 bits per heavy atom. The molecule has 0 atom stereocenters. The van der Waals surface area contributed by atoms with Crippen molar-refractivity contribution < 1.29 is 18.3 Å². The first-order valence-electron chi connectivity index (χ1n) is 5.06. The van der Waals surface area contributed by atoms with Gasteiger partial charge in [-0.3, -0.25) is 10.2 Å². The van der Waals surface area contributed by atoms with E-state index in [2.05, 4.69) is 15.6 Å². The lowest BCUT2D eigenvalue weighted by molar-refractivity contribution is -0.121. The van der Waals surface area contributed by atoms with Gasteiger partial charge in [-0.05, 0) is 18.1 Å². The SMILES string of the molecule is CNNC(=O)CCc1cc(F)c(OC)cc1F. The fourth-order valence-electron chi connectivity index (χ4n) is 1.37. The average molecular weight is 244 g/mol. The summed E-state index contributed by atoms with van der Waals surface area (Å²) in [7, 11) is 2.81. The molecule has 1 rings (SSSR count). The second-order valence-electron chi connectivity index (χ2n) is 3.38. The third kappa shape index (κ3) is 3.67. The van der Waals surface area contributed by atoms with Gasteiger partial charge < -0.3 is 4.74 Å². The number of hydrogen-bond acceptors (Lipinski definition) is 3. The normalized spacial score (nSPS) is 10.1. The molecule has 0 aromatic heterocycles. The summed E-state index contributed by atoms with van der Waals surface area (Å²) in [6, 6.07) is 2.02. The molecule has 4 nitrogen and oxygen atoms in total. The van der Waals surface area contributed by atoms with Crippen molar-refractivity contribution >= 4 is 5.91 Å². The highest BCUT2D eigenvalue weighted by molar-refractivity contribution is 5.75. The number of hydrogen-bond donors (Lipinski definition) is 2. The fraction of sp³-hybridized carbons (Fsp3) is 0.364. The lowest BCUT2D eigenvalue weighted by Gasteiger charge is -2.07. The third-order valence-electron chi connectivity index (χ3n) is 2.21. The summed E-state index contributed by atoms with van der Waals surface area (Å²) in [6.07, 6.45) is 0.198. The average Bonchev–Trinajstić information content (AvgIpc) is 2.30. The predicted molar refractivity (Wildman–Crippen MR) is 58.4 cm³/mol. The van der Waals surface area contributed by atoms with Gasteiger partial charge in [-0.2, -0.15) is 0 Å². The number of carbonyl (C=O) groups is 1. The second-order valence-corrected chi connectivity index (χ2v) is 3.38. The number of amides is 1. The maximum atomic E-state index is 13.5. The molecule has 1 aromatic carbocycles. The van der Waals surface area contributed by atoms with Gasteiger partial charge in [-0.25, -0.2) is 14.2 Å². The van der Waals surface area contributed by atoms with E-state index in [-0.39, 0.29) is 30.1 Å². The van der Waals surface area contributed by atoms with Crippen molar-refractivity contribution in [1.82, 2.24) is 10.9 Å². The maximum absolute atomic E-state index is 13.5. The molecule has 1 aromatic rings. The number of nitrogens with one attached hydrogen (secondary N) is 2. The molecule has 0 radical (unpaired) electrons. The molecule has 0 bridgehead atoms. The van der Waals surface area contributed by atoms with E-state index >= 15 is 0 Å². The molecule has 6 heteroatoms. The molecule has 17 heavy (non-hydrogen) atoms. The van der Waals surface area contributed by atoms with Crippen molar-refractivity contribution in [3.05, 3.63) is 29.3 Å². The van der Waals surface area contributed by atoms with Gasteiger partial charge in [0.2, 0.25) is 5.91 Å². The molecule has 0 aliphatic rings. The first kappa shape index (κ1) is 13.4. The predicted octanol–water partition coefficient (Wildman–Crippen LogP) is 1.16. The number of hydrazine groups is 1. The summed E-state index contributed by atoms with van der Waals surface area (Å²) in [5.74, 6) is -1.66. The molecule has 0 fully saturated rings. The van der Waals surface area contributed by atoms with Crippen molar-refractivity contribution in [2.75, 3.05) is 14.2 Å². The Labute approximate surface area is 97.9 Å². The zero-order valence-corrected chi connectivity index (χ0v) is 9.64. The summed E-state index contributed by atoms with van der Waals surface area (Å²) >= 11 is 0. The molecule has 1 amide bonds. The first-order valence-corrected chi connectivity index (χ1v) is 5.06. The largest absolute Gasteiger partial charge is 0.494 e. The van der Waals surface area contributed by atoms with E-state index in [1.807, 2.05) is 0 Å². The van der Waals surface area contributed by atoms with Gasteiger partial charge in [-0.1, -0.05) is 0 Å². The molecular weight excluding hydrogens is 230 g/mol. The van der Waals surface area contributed by atoms with Crippen molar-refractivity contribution in [1.29, 1.82) is 0 Å². The topological polar surface area (TPSA) is 50.4 Å². The number of aryl methyl sites for hydroxylation is 1. The van der Waals surface area contributed by atoms with E-state index in [0.29, 0.717) is 0 Å². The van der Waals surface area contributed by atoms with Crippen LogP contribution in [0.4, 0.5) is 8.78 Å². The molecule has 94 valence electrons. The van der Waals surface area contributed by atoms with Crippen molar-refractivity contribution in [2.24, 2.45) is 0 Å². The highest BCUT2D eigenvalue weighted by Gasteiger charge is 2.11. The van der Waals surface area contributed by atoms with Crippen LogP contribution in [-0.4, -0.2) is 20.1 Å². The molecule has 0 aliphatic carbocycles. The van der Waals surface area contributed by atoms with Gasteiger partial charge in [0, 0.05) is 19.5 Å². The molecule has 0 saturated carbocycles. The number of carbonyl (C=O) groups excluding carboxylic acids is 1. The van der Waals surface area contributed by atoms with Gasteiger partial charge in [0.15, 0.2) is 11.6 Å². The molecule has 0 heterocycles. The Hall–Kier alpha value is -1.69. The van der Waals surface area contributed by atoms with Crippen LogP contribution in [0.3, 0.4) is 0 Å². The minimum Gasteiger partial charge on any atom is -0.494 e. The molecule has 0 spiro atoms. The zero-order valence-electron chi connectivity index (χ0n) is 9.64. The Kier molecular flexibility index (Phi) is 4.84. The summed E-state index contributed by atoms with van der Waals surface area (Å²) in [4.78, 5) is 11.1. The van der Waals surface area contributed by atoms with Gasteiger partial charge in [0.05, 0.1) is 7.11 Å². The highest BCUT2D eigenvalue weighted by atomic mass is 19.1. The van der Waals surface area contributed by atoms with Gasteiger partial charge in [0.25, 0.3) is 0 Å². The van der Waals surface area contributed by atoms with E-state index in [4.69, 9.17) is 0 Å². The highest BCUT2D eigenvalue weighted by Crippen LogP contribution is 2.21. The van der Waals surface area contributed by atoms with Crippen LogP contribution in [0, 0.1) is 11.6 Å².